The molecule has 3 rings (SSSR count). The van der Waals surface area contributed by atoms with Crippen LogP contribution in [-0.2, 0) is 14.0 Å². The molecule has 1 aliphatic rings. The van der Waals surface area contributed by atoms with Crippen LogP contribution < -0.4 is 0 Å². The first-order chi connectivity index (χ1) is 17.1. The van der Waals surface area contributed by atoms with Crippen molar-refractivity contribution in [3.8, 4) is 0 Å². The predicted molar refractivity (Wildman–Crippen MR) is 152 cm³/mol. The number of aliphatic hydroxyl groups is 1. The van der Waals surface area contributed by atoms with Crippen LogP contribution in [0.2, 0.25) is 13.1 Å². The molecule has 202 valence electrons. The van der Waals surface area contributed by atoms with Crippen molar-refractivity contribution in [2.45, 2.75) is 79.8 Å². The van der Waals surface area contributed by atoms with Crippen molar-refractivity contribution in [2.75, 3.05) is 6.61 Å². The second-order valence-corrected chi connectivity index (χ2v) is 14.5. The average molecular weight is 526 g/mol. The van der Waals surface area contributed by atoms with Gasteiger partial charge in [0.2, 0.25) is 5.91 Å². The van der Waals surface area contributed by atoms with E-state index in [9.17, 15) is 14.7 Å². The summed E-state index contributed by atoms with van der Waals surface area (Å²) >= 11 is 0. The van der Waals surface area contributed by atoms with Gasteiger partial charge in [-0.2, -0.15) is 0 Å². The van der Waals surface area contributed by atoms with Gasteiger partial charge in [-0.1, -0.05) is 71.0 Å². The third kappa shape index (κ3) is 6.33. The molecule has 0 aromatic heterocycles. The van der Waals surface area contributed by atoms with Gasteiger partial charge in [-0.25, -0.2) is 9.69 Å². The molecule has 4 atom stereocenters. The molecule has 0 radical (unpaired) electrons. The second-order valence-electron chi connectivity index (χ2n) is 12.2. The molecule has 1 saturated heterocycles. The third-order valence-electron chi connectivity index (χ3n) is 7.09. The highest BCUT2D eigenvalue weighted by atomic mass is 28.3. The maximum absolute atomic E-state index is 14.3. The first-order valence-corrected chi connectivity index (χ1v) is 16.0. The topological polar surface area (TPSA) is 76.1 Å². The highest BCUT2D eigenvalue weighted by Crippen LogP contribution is 2.42. The van der Waals surface area contributed by atoms with Crippen LogP contribution in [0.15, 0.2) is 42.5 Å². The number of carbonyl (C=O) groups is 2. The summed E-state index contributed by atoms with van der Waals surface area (Å²) in [7, 11) is -1.55. The molecule has 0 bridgehead atoms. The number of aliphatic hydroxyl groups excluding tert-OH is 1. The quantitative estimate of drug-likeness (QED) is 0.408. The fourth-order valence-corrected chi connectivity index (χ4v) is 6.36. The Hall–Kier alpha value is -2.48. The lowest BCUT2D eigenvalue weighted by atomic mass is 9.70. The van der Waals surface area contributed by atoms with Crippen molar-refractivity contribution < 1.29 is 23.9 Å². The van der Waals surface area contributed by atoms with Gasteiger partial charge in [0.25, 0.3) is 0 Å². The first kappa shape index (κ1) is 29.1. The van der Waals surface area contributed by atoms with Gasteiger partial charge >= 0.3 is 6.09 Å². The van der Waals surface area contributed by atoms with Crippen LogP contribution in [0.3, 0.4) is 0 Å². The minimum Gasteiger partial charge on any atom is -0.447 e. The zero-order valence-corrected chi connectivity index (χ0v) is 24.9. The molecule has 0 spiro atoms. The molecule has 0 aliphatic carbocycles. The van der Waals surface area contributed by atoms with Crippen molar-refractivity contribution in [3.63, 3.8) is 0 Å². The van der Waals surface area contributed by atoms with E-state index in [1.54, 1.807) is 6.92 Å². The Morgan fingerprint density at radius 3 is 2.32 bits per heavy atom. The van der Waals surface area contributed by atoms with E-state index in [0.29, 0.717) is 0 Å². The molecule has 0 saturated carbocycles. The molecular formula is C30H43NO5Si. The monoisotopic (exact) mass is 525 g/mol. The number of cyclic esters (lactones) is 1. The molecule has 1 unspecified atom stereocenters. The molecule has 7 heteroatoms. The second kappa shape index (κ2) is 11.1. The molecule has 6 nitrogen and oxygen atoms in total. The summed E-state index contributed by atoms with van der Waals surface area (Å²) in [5.41, 5.74) is 0.304. The summed E-state index contributed by atoms with van der Waals surface area (Å²) in [6.07, 6.45) is 2.27. The van der Waals surface area contributed by atoms with Crippen molar-refractivity contribution in [1.29, 1.82) is 0 Å². The predicted octanol–water partition coefficient (Wildman–Crippen LogP) is 6.33. The molecule has 1 N–H and O–H groups in total. The number of amides is 2. The smallest absolute Gasteiger partial charge is 0.417 e. The molecule has 1 fully saturated rings. The zero-order chi connectivity index (χ0) is 27.7. The lowest BCUT2D eigenvalue weighted by molar-refractivity contribution is -0.145. The number of ether oxygens (including phenoxy) is 1. The Kier molecular flexibility index (Phi) is 8.72. The number of nitrogens with zero attached hydrogens (tertiary/aromatic N) is 1. The Balaban J connectivity index is 2.12. The van der Waals surface area contributed by atoms with Gasteiger partial charge in [-0.05, 0) is 72.3 Å². The molecule has 37 heavy (non-hydrogen) atoms. The van der Waals surface area contributed by atoms with Gasteiger partial charge in [-0.15, -0.1) is 0 Å². The van der Waals surface area contributed by atoms with Gasteiger partial charge in [0.05, 0.1) is 23.7 Å². The molecule has 1 heterocycles. The van der Waals surface area contributed by atoms with Gasteiger partial charge < -0.3 is 14.3 Å². The molecule has 1 aliphatic heterocycles. The SMILES string of the molecule is CC(C)[C@@H]1COC(=O)N1C(=O)[C@](C)(/C=C/c1ccc2ccc([C@@H](C)O)cc2c1)C(O[SiH](C)C)C(C)(C)C. The molecule has 2 aromatic carbocycles. The third-order valence-corrected chi connectivity index (χ3v) is 7.90. The fourth-order valence-electron chi connectivity index (χ4n) is 5.12. The molecule has 2 amide bonds. The van der Waals surface area contributed by atoms with E-state index in [4.69, 9.17) is 9.16 Å². The fraction of sp³-hybridized carbons (Fsp3) is 0.533. The van der Waals surface area contributed by atoms with Crippen LogP contribution in [-0.4, -0.2) is 49.8 Å². The molecule has 2 aromatic rings. The summed E-state index contributed by atoms with van der Waals surface area (Å²) in [5, 5.41) is 12.1. The van der Waals surface area contributed by atoms with Gasteiger partial charge in [-0.3, -0.25) is 4.79 Å². The Morgan fingerprint density at radius 2 is 1.76 bits per heavy atom. The van der Waals surface area contributed by atoms with E-state index in [-0.39, 0.29) is 29.9 Å². The van der Waals surface area contributed by atoms with Crippen LogP contribution >= 0.6 is 0 Å². The van der Waals surface area contributed by atoms with Crippen LogP contribution in [0.5, 0.6) is 0 Å². The van der Waals surface area contributed by atoms with E-state index in [1.165, 1.54) is 4.90 Å². The average Bonchev–Trinajstić information content (AvgIpc) is 3.20. The van der Waals surface area contributed by atoms with Crippen LogP contribution in [0.25, 0.3) is 16.8 Å². The lowest BCUT2D eigenvalue weighted by Crippen LogP contribution is -2.56. The number of hydrogen-bond donors (Lipinski definition) is 1. The van der Waals surface area contributed by atoms with Crippen molar-refractivity contribution in [3.05, 3.63) is 53.6 Å². The first-order valence-electron chi connectivity index (χ1n) is 13.2. The number of fused-ring (bicyclic) bond motifs is 1. The summed E-state index contributed by atoms with van der Waals surface area (Å²) < 4.78 is 11.9. The zero-order valence-electron chi connectivity index (χ0n) is 23.7. The summed E-state index contributed by atoms with van der Waals surface area (Å²) in [6, 6.07) is 11.7. The maximum Gasteiger partial charge on any atom is 0.417 e. The number of benzene rings is 2. The standard InChI is InChI=1S/C30H43NO5Si/c1-19(2)25-18-35-28(34)31(25)27(33)30(7,26(29(4,5)6)36-37(8)9)15-14-21-10-11-22-12-13-23(20(3)32)17-24(22)16-21/h10-17,19-20,25-26,32,37H,18H2,1-9H3/b15-14+/t20-,25+,26?,30-/m1/s1. The number of imide groups is 1. The van der Waals surface area contributed by atoms with Crippen LogP contribution in [0.1, 0.15) is 65.7 Å². The largest absolute Gasteiger partial charge is 0.447 e. The van der Waals surface area contributed by atoms with Crippen molar-refractivity contribution in [2.24, 2.45) is 16.7 Å². The number of rotatable bonds is 8. The van der Waals surface area contributed by atoms with E-state index in [2.05, 4.69) is 33.9 Å². The number of carbonyl (C=O) groups excluding carboxylic acids is 2. The van der Waals surface area contributed by atoms with Gasteiger partial charge in [0, 0.05) is 0 Å². The minimum absolute atomic E-state index is 0.0701. The Bertz CT molecular complexity index is 1170. The minimum atomic E-state index is -1.55. The molecular weight excluding hydrogens is 482 g/mol. The van der Waals surface area contributed by atoms with Gasteiger partial charge in [0.1, 0.15) is 6.61 Å². The summed E-state index contributed by atoms with van der Waals surface area (Å²) in [6.45, 7) is 18.2. The van der Waals surface area contributed by atoms with Crippen LogP contribution in [0.4, 0.5) is 4.79 Å². The van der Waals surface area contributed by atoms with E-state index in [1.807, 2.05) is 69.3 Å². The summed E-state index contributed by atoms with van der Waals surface area (Å²) in [5.74, 6) is -0.225. The highest BCUT2D eigenvalue weighted by Gasteiger charge is 2.52. The normalized spacial score (nSPS) is 20.1. The Morgan fingerprint density at radius 1 is 1.11 bits per heavy atom. The van der Waals surface area contributed by atoms with Crippen molar-refractivity contribution >= 4 is 37.9 Å². The van der Waals surface area contributed by atoms with E-state index in [0.717, 1.165) is 21.9 Å². The van der Waals surface area contributed by atoms with E-state index >= 15 is 0 Å². The Labute approximate surface area is 223 Å². The lowest BCUT2D eigenvalue weighted by Gasteiger charge is -2.44. The van der Waals surface area contributed by atoms with E-state index < -0.39 is 32.8 Å². The van der Waals surface area contributed by atoms with Crippen molar-refractivity contribution in [1.82, 2.24) is 4.90 Å². The van der Waals surface area contributed by atoms with Crippen LogP contribution in [0, 0.1) is 16.7 Å². The maximum atomic E-state index is 14.3. The van der Waals surface area contributed by atoms with Gasteiger partial charge in [0.15, 0.2) is 9.04 Å². The number of hydrogen-bond acceptors (Lipinski definition) is 5. The highest BCUT2D eigenvalue weighted by molar-refractivity contribution is 6.48. The summed E-state index contributed by atoms with van der Waals surface area (Å²) in [4.78, 5) is 28.4.